The maximum Gasteiger partial charge on any atom is 0.286 e. The Balaban J connectivity index is 2.53. The van der Waals surface area contributed by atoms with Crippen molar-refractivity contribution < 1.29 is 5.03 Å². The molecule has 1 aromatic rings. The molecule has 0 aromatic heterocycles. The summed E-state index contributed by atoms with van der Waals surface area (Å²) in [5.74, 6) is -0.345. The highest BCUT2D eigenvalue weighted by Crippen LogP contribution is 2.00. The van der Waals surface area contributed by atoms with Gasteiger partial charge in [-0.3, -0.25) is 0 Å². The highest BCUT2D eigenvalue weighted by Gasteiger charge is 1.98. The third kappa shape index (κ3) is 5.26. The van der Waals surface area contributed by atoms with Gasteiger partial charge in [-0.15, -0.1) is 0 Å². The van der Waals surface area contributed by atoms with Crippen LogP contribution in [0, 0.1) is 10.1 Å². The summed E-state index contributed by atoms with van der Waals surface area (Å²) in [6, 6.07) is 9.72. The van der Waals surface area contributed by atoms with Gasteiger partial charge in [-0.05, 0) is 12.5 Å². The van der Waals surface area contributed by atoms with Gasteiger partial charge in [-0.1, -0.05) is 30.3 Å². The Morgan fingerprint density at radius 1 is 1.47 bits per heavy atom. The molecular formula is C10H13N5O2. The second kappa shape index (κ2) is 6.21. The molecule has 0 unspecified atom stereocenters. The summed E-state index contributed by atoms with van der Waals surface area (Å²) < 4.78 is 0. The van der Waals surface area contributed by atoms with Crippen molar-refractivity contribution in [2.45, 2.75) is 13.3 Å². The quantitative estimate of drug-likeness (QED) is 0.346. The summed E-state index contributed by atoms with van der Waals surface area (Å²) in [4.78, 5) is 10.00. The predicted octanol–water partition coefficient (Wildman–Crippen LogP) is 0.701. The smallest absolute Gasteiger partial charge is 0.286 e. The van der Waals surface area contributed by atoms with Crippen molar-refractivity contribution >= 4 is 11.7 Å². The van der Waals surface area contributed by atoms with Crippen molar-refractivity contribution in [3.8, 4) is 0 Å². The first-order valence-electron chi connectivity index (χ1n) is 4.89. The second-order valence-electron chi connectivity index (χ2n) is 3.34. The van der Waals surface area contributed by atoms with Crippen molar-refractivity contribution in [1.82, 2.24) is 5.43 Å². The number of rotatable bonds is 4. The number of benzene rings is 1. The van der Waals surface area contributed by atoms with Crippen LogP contribution in [0.4, 0.5) is 0 Å². The van der Waals surface area contributed by atoms with E-state index >= 15 is 0 Å². The Bertz CT molecular complexity index is 441. The molecule has 1 rings (SSSR count). The highest BCUT2D eigenvalue weighted by atomic mass is 16.7. The molecule has 7 nitrogen and oxygen atoms in total. The van der Waals surface area contributed by atoms with Crippen molar-refractivity contribution in [2.24, 2.45) is 15.9 Å². The SMILES string of the molecule is CC(Cc1ccccc1)=NNC(N)=N[N+](=O)[O-]. The van der Waals surface area contributed by atoms with Crippen molar-refractivity contribution in [2.75, 3.05) is 0 Å². The topological polar surface area (TPSA) is 106 Å². The molecule has 0 heterocycles. The van der Waals surface area contributed by atoms with Gasteiger partial charge in [0.2, 0.25) is 0 Å². The third-order valence-corrected chi connectivity index (χ3v) is 1.85. The zero-order chi connectivity index (χ0) is 12.7. The molecular weight excluding hydrogens is 222 g/mol. The van der Waals surface area contributed by atoms with Crippen LogP contribution in [0.5, 0.6) is 0 Å². The van der Waals surface area contributed by atoms with E-state index in [1.165, 1.54) is 0 Å². The molecule has 0 saturated heterocycles. The molecule has 0 fully saturated rings. The summed E-state index contributed by atoms with van der Waals surface area (Å²) in [5, 5.41) is 15.8. The Labute approximate surface area is 98.2 Å². The lowest BCUT2D eigenvalue weighted by Crippen LogP contribution is -2.29. The number of nitrogens with zero attached hydrogens (tertiary/aromatic N) is 3. The molecule has 1 aromatic carbocycles. The van der Waals surface area contributed by atoms with Gasteiger partial charge in [-0.25, -0.2) is 15.5 Å². The van der Waals surface area contributed by atoms with E-state index in [1.54, 1.807) is 6.92 Å². The Hall–Kier alpha value is -2.44. The van der Waals surface area contributed by atoms with Crippen LogP contribution in [0.3, 0.4) is 0 Å². The lowest BCUT2D eigenvalue weighted by atomic mass is 10.1. The zero-order valence-corrected chi connectivity index (χ0v) is 9.33. The second-order valence-corrected chi connectivity index (χ2v) is 3.34. The number of nitrogens with two attached hydrogens (primary N) is 1. The van der Waals surface area contributed by atoms with Crippen molar-refractivity contribution in [3.05, 3.63) is 46.0 Å². The molecule has 0 aliphatic rings. The number of hydrazone groups is 2. The lowest BCUT2D eigenvalue weighted by molar-refractivity contribution is -0.485. The van der Waals surface area contributed by atoms with Crippen LogP contribution in [-0.4, -0.2) is 16.7 Å². The number of nitro groups is 1. The average Bonchev–Trinajstić information content (AvgIpc) is 2.27. The van der Waals surface area contributed by atoms with E-state index in [4.69, 9.17) is 5.73 Å². The molecule has 0 radical (unpaired) electrons. The maximum atomic E-state index is 10.00. The van der Waals surface area contributed by atoms with Gasteiger partial charge in [0.1, 0.15) is 5.10 Å². The predicted molar refractivity (Wildman–Crippen MR) is 65.0 cm³/mol. The van der Waals surface area contributed by atoms with Crippen LogP contribution in [0.15, 0.2) is 40.5 Å². The largest absolute Gasteiger partial charge is 0.363 e. The third-order valence-electron chi connectivity index (χ3n) is 1.85. The Kier molecular flexibility index (Phi) is 4.61. The minimum Gasteiger partial charge on any atom is -0.363 e. The van der Waals surface area contributed by atoms with Crippen molar-refractivity contribution in [3.63, 3.8) is 0 Å². The fraction of sp³-hybridized carbons (Fsp3) is 0.200. The number of hydrogen-bond donors (Lipinski definition) is 2. The molecule has 0 saturated carbocycles. The molecule has 17 heavy (non-hydrogen) atoms. The van der Waals surface area contributed by atoms with Crippen LogP contribution in [-0.2, 0) is 6.42 Å². The zero-order valence-electron chi connectivity index (χ0n) is 9.33. The van der Waals surface area contributed by atoms with Crippen molar-refractivity contribution in [1.29, 1.82) is 0 Å². The fourth-order valence-corrected chi connectivity index (χ4v) is 1.19. The summed E-state index contributed by atoms with van der Waals surface area (Å²) in [5.41, 5.74) is 9.36. The van der Waals surface area contributed by atoms with Crippen LogP contribution < -0.4 is 11.2 Å². The first-order chi connectivity index (χ1) is 8.08. The van der Waals surface area contributed by atoms with Gasteiger partial charge in [0, 0.05) is 12.1 Å². The van der Waals surface area contributed by atoms with Gasteiger partial charge < -0.3 is 5.73 Å². The van der Waals surface area contributed by atoms with E-state index in [-0.39, 0.29) is 5.96 Å². The van der Waals surface area contributed by atoms with Gasteiger partial charge in [-0.2, -0.15) is 5.10 Å². The lowest BCUT2D eigenvalue weighted by Gasteiger charge is -2.01. The molecule has 0 bridgehead atoms. The van der Waals surface area contributed by atoms with E-state index < -0.39 is 5.03 Å². The molecule has 90 valence electrons. The fourth-order valence-electron chi connectivity index (χ4n) is 1.19. The Morgan fingerprint density at radius 2 is 2.12 bits per heavy atom. The summed E-state index contributed by atoms with van der Waals surface area (Å²) in [7, 11) is 0. The monoisotopic (exact) mass is 235 g/mol. The van der Waals surface area contributed by atoms with Gasteiger partial charge in [0.05, 0.1) is 0 Å². The maximum absolute atomic E-state index is 10.00. The molecule has 0 amide bonds. The van der Waals surface area contributed by atoms with E-state index in [1.807, 2.05) is 30.3 Å². The number of hydrogen-bond acceptors (Lipinski definition) is 3. The molecule has 0 atom stereocenters. The van der Waals surface area contributed by atoms with E-state index in [2.05, 4.69) is 15.6 Å². The van der Waals surface area contributed by atoms with Gasteiger partial charge in [0.15, 0.2) is 5.03 Å². The first-order valence-corrected chi connectivity index (χ1v) is 4.89. The minimum atomic E-state index is -0.885. The Morgan fingerprint density at radius 3 is 2.71 bits per heavy atom. The van der Waals surface area contributed by atoms with E-state index in [0.29, 0.717) is 6.42 Å². The van der Waals surface area contributed by atoms with Crippen LogP contribution in [0.1, 0.15) is 12.5 Å². The van der Waals surface area contributed by atoms with Gasteiger partial charge >= 0.3 is 0 Å². The number of nitrogens with one attached hydrogen (secondary N) is 1. The van der Waals surface area contributed by atoms with Crippen LogP contribution >= 0.6 is 0 Å². The minimum absolute atomic E-state index is 0.345. The van der Waals surface area contributed by atoms with E-state index in [9.17, 15) is 10.1 Å². The summed E-state index contributed by atoms with van der Waals surface area (Å²) in [6.45, 7) is 1.79. The molecule has 7 heteroatoms. The molecule has 3 N–H and O–H groups in total. The molecule has 0 aliphatic heterocycles. The summed E-state index contributed by atoms with van der Waals surface area (Å²) >= 11 is 0. The van der Waals surface area contributed by atoms with Crippen LogP contribution in [0.2, 0.25) is 0 Å². The number of guanidine groups is 1. The normalized spacial score (nSPS) is 12.3. The average molecular weight is 235 g/mol. The first kappa shape index (κ1) is 12.6. The molecule has 0 spiro atoms. The van der Waals surface area contributed by atoms with E-state index in [0.717, 1.165) is 11.3 Å². The van der Waals surface area contributed by atoms with Crippen LogP contribution in [0.25, 0.3) is 0 Å². The highest BCUT2D eigenvalue weighted by molar-refractivity contribution is 5.86. The van der Waals surface area contributed by atoms with Gasteiger partial charge in [0.25, 0.3) is 5.96 Å². The summed E-state index contributed by atoms with van der Waals surface area (Å²) in [6.07, 6.45) is 0.638. The molecule has 0 aliphatic carbocycles. The standard InChI is InChI=1S/C10H13N5O2/c1-8(7-9-5-3-2-4-6-9)12-13-10(11)14-15(16)17/h2-6H,7H2,1H3,(H3,11,13,14).